The van der Waals surface area contributed by atoms with E-state index in [9.17, 15) is 8.42 Å². The molecule has 0 radical (unpaired) electrons. The lowest BCUT2D eigenvalue weighted by Crippen LogP contribution is -1.92. The third-order valence-corrected chi connectivity index (χ3v) is 2.60. The van der Waals surface area contributed by atoms with Gasteiger partial charge in [0.15, 0.2) is 0 Å². The molecule has 0 spiro atoms. The third-order valence-electron chi connectivity index (χ3n) is 0.788. The average Bonchev–Trinajstić information content (AvgIpc) is 1.60. The predicted molar refractivity (Wildman–Crippen MR) is 43.5 cm³/mol. The summed E-state index contributed by atoms with van der Waals surface area (Å²) in [4.78, 5) is -0.143. The van der Waals surface area contributed by atoms with Crippen LogP contribution in [0, 0.1) is 0 Å². The van der Waals surface area contributed by atoms with Crippen LogP contribution in [-0.2, 0) is 9.05 Å². The van der Waals surface area contributed by atoms with Crippen molar-refractivity contribution in [2.75, 3.05) is 0 Å². The van der Waals surface area contributed by atoms with Crippen LogP contribution in [0.25, 0.3) is 0 Å². The highest BCUT2D eigenvalue weighted by atomic mass is 35.7. The fraction of sp³-hybridized carbons (Fsp3) is 0.200. The van der Waals surface area contributed by atoms with E-state index < -0.39 is 9.05 Å². The van der Waals surface area contributed by atoms with Gasteiger partial charge < -0.3 is 0 Å². The van der Waals surface area contributed by atoms with Crippen molar-refractivity contribution in [3.63, 3.8) is 0 Å². The SMILES string of the molecule is C=CC(=C(C)Cl)S(=O)(=O)Cl. The average molecular weight is 201 g/mol. The summed E-state index contributed by atoms with van der Waals surface area (Å²) in [5.41, 5.74) is 0. The molecule has 0 aromatic carbocycles. The molecule has 0 N–H and O–H groups in total. The Morgan fingerprint density at radius 2 is 2.00 bits per heavy atom. The summed E-state index contributed by atoms with van der Waals surface area (Å²) in [5, 5.41) is 0.116. The van der Waals surface area contributed by atoms with Gasteiger partial charge in [0.1, 0.15) is 0 Å². The molecule has 0 aromatic heterocycles. The molecule has 0 aromatic rings. The van der Waals surface area contributed by atoms with Crippen LogP contribution in [-0.4, -0.2) is 8.42 Å². The normalized spacial score (nSPS) is 14.3. The van der Waals surface area contributed by atoms with Gasteiger partial charge in [-0.3, -0.25) is 0 Å². The fourth-order valence-electron chi connectivity index (χ4n) is 0.408. The van der Waals surface area contributed by atoms with Gasteiger partial charge in [0.2, 0.25) is 0 Å². The first kappa shape index (κ1) is 10.0. The molecular weight excluding hydrogens is 195 g/mol. The molecule has 0 atom stereocenters. The zero-order valence-corrected chi connectivity index (χ0v) is 7.59. The van der Waals surface area contributed by atoms with Crippen LogP contribution in [0.15, 0.2) is 22.6 Å². The Morgan fingerprint density at radius 1 is 1.60 bits per heavy atom. The molecular formula is C5H6Cl2O2S. The van der Waals surface area contributed by atoms with Crippen LogP contribution < -0.4 is 0 Å². The summed E-state index contributed by atoms with van der Waals surface area (Å²) in [5.74, 6) is 0. The first-order valence-corrected chi connectivity index (χ1v) is 5.01. The summed E-state index contributed by atoms with van der Waals surface area (Å²) in [6.07, 6.45) is 1.10. The molecule has 0 saturated carbocycles. The molecule has 0 amide bonds. The molecule has 0 bridgehead atoms. The zero-order valence-electron chi connectivity index (χ0n) is 5.27. The van der Waals surface area contributed by atoms with Gasteiger partial charge in [0.05, 0.1) is 4.91 Å². The van der Waals surface area contributed by atoms with E-state index in [2.05, 4.69) is 6.58 Å². The molecule has 0 unspecified atom stereocenters. The highest BCUT2D eigenvalue weighted by Gasteiger charge is 2.12. The monoisotopic (exact) mass is 200 g/mol. The minimum Gasteiger partial charge on any atom is -0.207 e. The topological polar surface area (TPSA) is 34.1 Å². The molecule has 0 fully saturated rings. The predicted octanol–water partition coefficient (Wildman–Crippen LogP) is 2.21. The van der Waals surface area contributed by atoms with E-state index in [0.29, 0.717) is 0 Å². The summed E-state index contributed by atoms with van der Waals surface area (Å²) >= 11 is 5.37. The third kappa shape index (κ3) is 2.73. The van der Waals surface area contributed by atoms with Gasteiger partial charge in [0.25, 0.3) is 9.05 Å². The van der Waals surface area contributed by atoms with Crippen molar-refractivity contribution < 1.29 is 8.42 Å². The Labute approximate surface area is 69.6 Å². The molecule has 5 heteroatoms. The van der Waals surface area contributed by atoms with Gasteiger partial charge in [-0.15, -0.1) is 0 Å². The number of allylic oxidation sites excluding steroid dienone is 2. The van der Waals surface area contributed by atoms with Crippen molar-refractivity contribution in [3.8, 4) is 0 Å². The quantitative estimate of drug-likeness (QED) is 0.507. The lowest BCUT2D eigenvalue weighted by molar-refractivity contribution is 0.615. The Morgan fingerprint density at radius 3 is 2.00 bits per heavy atom. The number of rotatable bonds is 2. The maximum atomic E-state index is 10.6. The first-order chi connectivity index (χ1) is 4.39. The van der Waals surface area contributed by atoms with Gasteiger partial charge in [-0.05, 0) is 13.0 Å². The van der Waals surface area contributed by atoms with Gasteiger partial charge >= 0.3 is 0 Å². The van der Waals surface area contributed by atoms with E-state index in [1.54, 1.807) is 0 Å². The van der Waals surface area contributed by atoms with E-state index in [1.165, 1.54) is 6.92 Å². The van der Waals surface area contributed by atoms with E-state index in [0.717, 1.165) is 6.08 Å². The second kappa shape index (κ2) is 3.42. The molecule has 0 aliphatic carbocycles. The molecule has 58 valence electrons. The van der Waals surface area contributed by atoms with Crippen LogP contribution in [0.2, 0.25) is 0 Å². The number of halogens is 2. The summed E-state index contributed by atoms with van der Waals surface area (Å²) in [6, 6.07) is 0. The summed E-state index contributed by atoms with van der Waals surface area (Å²) in [7, 11) is 1.24. The number of hydrogen-bond donors (Lipinski definition) is 0. The molecule has 0 rings (SSSR count). The fourth-order valence-corrected chi connectivity index (χ4v) is 1.98. The van der Waals surface area contributed by atoms with Crippen molar-refractivity contribution in [2.24, 2.45) is 0 Å². The minimum absolute atomic E-state index is 0.116. The van der Waals surface area contributed by atoms with Crippen LogP contribution in [0.1, 0.15) is 6.92 Å². The minimum atomic E-state index is -3.71. The molecule has 0 heterocycles. The molecule has 0 aliphatic rings. The van der Waals surface area contributed by atoms with Crippen LogP contribution in [0.5, 0.6) is 0 Å². The Bertz CT molecular complexity index is 259. The molecule has 2 nitrogen and oxygen atoms in total. The maximum absolute atomic E-state index is 10.6. The second-order valence-corrected chi connectivity index (χ2v) is 4.64. The van der Waals surface area contributed by atoms with Crippen LogP contribution >= 0.6 is 22.3 Å². The lowest BCUT2D eigenvalue weighted by atomic mass is 10.5. The van der Waals surface area contributed by atoms with Crippen molar-refractivity contribution in [2.45, 2.75) is 6.92 Å². The van der Waals surface area contributed by atoms with Crippen LogP contribution in [0.3, 0.4) is 0 Å². The Balaban J connectivity index is 5.13. The Hall–Kier alpha value is 0.01000. The Kier molecular flexibility index (Phi) is 3.42. The molecule has 10 heavy (non-hydrogen) atoms. The largest absolute Gasteiger partial charge is 0.262 e. The van der Waals surface area contributed by atoms with Gasteiger partial charge in [-0.2, -0.15) is 0 Å². The van der Waals surface area contributed by atoms with Gasteiger partial charge in [-0.25, -0.2) is 8.42 Å². The standard InChI is InChI=1S/C5H6Cl2O2S/c1-3-5(4(2)6)10(7,8)9/h3H,1H2,2H3. The van der Waals surface area contributed by atoms with E-state index in [4.69, 9.17) is 22.3 Å². The van der Waals surface area contributed by atoms with E-state index >= 15 is 0 Å². The number of hydrogen-bond acceptors (Lipinski definition) is 2. The second-order valence-electron chi connectivity index (χ2n) is 1.54. The van der Waals surface area contributed by atoms with Crippen molar-refractivity contribution in [1.82, 2.24) is 0 Å². The highest BCUT2D eigenvalue weighted by molar-refractivity contribution is 8.17. The highest BCUT2D eigenvalue weighted by Crippen LogP contribution is 2.19. The smallest absolute Gasteiger partial charge is 0.207 e. The van der Waals surface area contributed by atoms with Gasteiger partial charge in [0, 0.05) is 15.7 Å². The zero-order chi connectivity index (χ0) is 8.36. The van der Waals surface area contributed by atoms with E-state index in [-0.39, 0.29) is 9.94 Å². The van der Waals surface area contributed by atoms with E-state index in [1.807, 2.05) is 0 Å². The first-order valence-electron chi connectivity index (χ1n) is 2.33. The molecule has 0 saturated heterocycles. The van der Waals surface area contributed by atoms with Crippen molar-refractivity contribution >= 4 is 31.3 Å². The summed E-state index contributed by atoms with van der Waals surface area (Å²) < 4.78 is 21.1. The molecule has 0 aliphatic heterocycles. The van der Waals surface area contributed by atoms with Crippen molar-refractivity contribution in [1.29, 1.82) is 0 Å². The maximum Gasteiger partial charge on any atom is 0.262 e. The van der Waals surface area contributed by atoms with Crippen molar-refractivity contribution in [3.05, 3.63) is 22.6 Å². The van der Waals surface area contributed by atoms with Crippen LogP contribution in [0.4, 0.5) is 0 Å². The van der Waals surface area contributed by atoms with Gasteiger partial charge in [-0.1, -0.05) is 18.2 Å². The summed E-state index contributed by atoms with van der Waals surface area (Å²) in [6.45, 7) is 4.67. The lowest BCUT2D eigenvalue weighted by Gasteiger charge is -1.95.